The molecular weight excluding hydrogens is 290 g/mol. The van der Waals surface area contributed by atoms with Crippen LogP contribution in [0.25, 0.3) is 0 Å². The number of aromatic nitrogens is 1. The number of primary amides is 1. The van der Waals surface area contributed by atoms with Crippen LogP contribution in [0, 0.1) is 5.92 Å². The standard InChI is InChI=1S/C14H21N3O3S/c1-4-20-13(19)8-5-6-9-11(8)17-14(21-9)16-10(7(2)3)12(15)18/h7-8,10H,4-6H2,1-3H3,(H2,15,18)(H,16,17). The Labute approximate surface area is 128 Å². The van der Waals surface area contributed by atoms with E-state index in [1.54, 1.807) is 6.92 Å². The largest absolute Gasteiger partial charge is 0.465 e. The van der Waals surface area contributed by atoms with Crippen LogP contribution >= 0.6 is 11.3 Å². The van der Waals surface area contributed by atoms with Crippen LogP contribution in [0.15, 0.2) is 0 Å². The van der Waals surface area contributed by atoms with Gasteiger partial charge < -0.3 is 15.8 Å². The maximum atomic E-state index is 11.9. The molecule has 2 unspecified atom stereocenters. The minimum Gasteiger partial charge on any atom is -0.465 e. The number of rotatable bonds is 6. The van der Waals surface area contributed by atoms with Crippen molar-refractivity contribution in [3.8, 4) is 0 Å². The lowest BCUT2D eigenvalue weighted by atomic mass is 10.0. The van der Waals surface area contributed by atoms with Crippen LogP contribution in [0.3, 0.4) is 0 Å². The third-order valence-electron chi connectivity index (χ3n) is 3.54. The fraction of sp³-hybridized carbons (Fsp3) is 0.643. The molecule has 0 radical (unpaired) electrons. The van der Waals surface area contributed by atoms with Crippen molar-refractivity contribution in [1.29, 1.82) is 0 Å². The molecule has 21 heavy (non-hydrogen) atoms. The van der Waals surface area contributed by atoms with Crippen molar-refractivity contribution in [2.75, 3.05) is 11.9 Å². The van der Waals surface area contributed by atoms with Gasteiger partial charge in [-0.2, -0.15) is 0 Å². The molecule has 6 nitrogen and oxygen atoms in total. The van der Waals surface area contributed by atoms with E-state index in [1.165, 1.54) is 11.3 Å². The molecule has 1 aliphatic carbocycles. The number of nitrogens with one attached hydrogen (secondary N) is 1. The molecule has 116 valence electrons. The summed E-state index contributed by atoms with van der Waals surface area (Å²) in [6.07, 6.45) is 1.57. The molecule has 1 aromatic heterocycles. The van der Waals surface area contributed by atoms with Crippen LogP contribution in [0.5, 0.6) is 0 Å². The number of anilines is 1. The van der Waals surface area contributed by atoms with E-state index >= 15 is 0 Å². The van der Waals surface area contributed by atoms with E-state index in [1.807, 2.05) is 13.8 Å². The molecule has 7 heteroatoms. The number of nitrogens with zero attached hydrogens (tertiary/aromatic N) is 1. The van der Waals surface area contributed by atoms with Crippen molar-refractivity contribution in [2.24, 2.45) is 11.7 Å². The zero-order valence-electron chi connectivity index (χ0n) is 12.5. The highest BCUT2D eigenvalue weighted by molar-refractivity contribution is 7.15. The van der Waals surface area contributed by atoms with Crippen LogP contribution in [-0.2, 0) is 20.7 Å². The van der Waals surface area contributed by atoms with Crippen molar-refractivity contribution >= 4 is 28.3 Å². The maximum Gasteiger partial charge on any atom is 0.315 e. The van der Waals surface area contributed by atoms with Crippen LogP contribution in [0.1, 0.15) is 43.7 Å². The molecule has 0 saturated heterocycles. The average molecular weight is 311 g/mol. The minimum absolute atomic E-state index is 0.0714. The average Bonchev–Trinajstić information content (AvgIpc) is 2.94. The SMILES string of the molecule is CCOC(=O)C1CCc2sc(NC(C(N)=O)C(C)C)nc21. The third-order valence-corrected chi connectivity index (χ3v) is 4.60. The lowest BCUT2D eigenvalue weighted by Crippen LogP contribution is -2.39. The number of aryl methyl sites for hydroxylation is 1. The van der Waals surface area contributed by atoms with Gasteiger partial charge in [-0.1, -0.05) is 13.8 Å². The van der Waals surface area contributed by atoms with Gasteiger partial charge in [-0.05, 0) is 25.7 Å². The molecule has 2 atom stereocenters. The number of fused-ring (bicyclic) bond motifs is 1. The number of carbonyl (C=O) groups is 2. The lowest BCUT2D eigenvalue weighted by Gasteiger charge is -2.18. The summed E-state index contributed by atoms with van der Waals surface area (Å²) in [4.78, 5) is 28.9. The van der Waals surface area contributed by atoms with Crippen LogP contribution in [0.4, 0.5) is 5.13 Å². The molecule has 2 rings (SSSR count). The second kappa shape index (κ2) is 6.43. The van der Waals surface area contributed by atoms with Gasteiger partial charge in [0.05, 0.1) is 12.3 Å². The van der Waals surface area contributed by atoms with E-state index in [4.69, 9.17) is 10.5 Å². The first kappa shape index (κ1) is 15.8. The zero-order valence-corrected chi connectivity index (χ0v) is 13.3. The van der Waals surface area contributed by atoms with Crippen LogP contribution in [-0.4, -0.2) is 29.5 Å². The smallest absolute Gasteiger partial charge is 0.315 e. The molecule has 0 bridgehead atoms. The Morgan fingerprint density at radius 1 is 1.52 bits per heavy atom. The molecular formula is C14H21N3O3S. The molecule has 1 amide bonds. The van der Waals surface area contributed by atoms with Gasteiger partial charge in [0, 0.05) is 4.88 Å². The Kier molecular flexibility index (Phi) is 4.82. The number of hydrogen-bond donors (Lipinski definition) is 2. The van der Waals surface area contributed by atoms with E-state index in [2.05, 4.69) is 10.3 Å². The Balaban J connectivity index is 2.14. The van der Waals surface area contributed by atoms with Crippen LogP contribution < -0.4 is 11.1 Å². The second-order valence-electron chi connectivity index (χ2n) is 5.44. The van der Waals surface area contributed by atoms with Crippen molar-refractivity contribution in [3.63, 3.8) is 0 Å². The summed E-state index contributed by atoms with van der Waals surface area (Å²) in [5, 5.41) is 3.72. The molecule has 0 fully saturated rings. The Morgan fingerprint density at radius 3 is 2.81 bits per heavy atom. The monoisotopic (exact) mass is 311 g/mol. The Hall–Kier alpha value is -1.63. The van der Waals surface area contributed by atoms with Gasteiger partial charge in [-0.15, -0.1) is 11.3 Å². The van der Waals surface area contributed by atoms with E-state index in [0.717, 1.165) is 23.4 Å². The van der Waals surface area contributed by atoms with Crippen molar-refractivity contribution in [2.45, 2.75) is 45.6 Å². The first-order valence-corrected chi connectivity index (χ1v) is 7.97. The fourth-order valence-corrected chi connectivity index (χ4v) is 3.54. The van der Waals surface area contributed by atoms with E-state index in [-0.39, 0.29) is 17.8 Å². The fourth-order valence-electron chi connectivity index (χ4n) is 2.46. The summed E-state index contributed by atoms with van der Waals surface area (Å²) >= 11 is 1.49. The molecule has 0 spiro atoms. The molecule has 0 aromatic carbocycles. The summed E-state index contributed by atoms with van der Waals surface area (Å²) in [7, 11) is 0. The quantitative estimate of drug-likeness (QED) is 0.779. The van der Waals surface area contributed by atoms with E-state index in [0.29, 0.717) is 11.7 Å². The first-order chi connectivity index (χ1) is 9.93. The van der Waals surface area contributed by atoms with E-state index < -0.39 is 11.9 Å². The van der Waals surface area contributed by atoms with Crippen LogP contribution in [0.2, 0.25) is 0 Å². The predicted octanol–water partition coefficient (Wildman–Crippen LogP) is 1.66. The number of hydrogen-bond acceptors (Lipinski definition) is 6. The van der Waals surface area contributed by atoms with Gasteiger partial charge in [-0.25, -0.2) is 4.98 Å². The molecule has 0 aliphatic heterocycles. The molecule has 1 heterocycles. The molecule has 1 aromatic rings. The highest BCUT2D eigenvalue weighted by Gasteiger charge is 2.34. The third kappa shape index (κ3) is 3.34. The number of ether oxygens (including phenoxy) is 1. The van der Waals surface area contributed by atoms with Gasteiger partial charge in [0.15, 0.2) is 5.13 Å². The van der Waals surface area contributed by atoms with Crippen molar-refractivity contribution < 1.29 is 14.3 Å². The topological polar surface area (TPSA) is 94.3 Å². The number of amides is 1. The number of carbonyl (C=O) groups excluding carboxylic acids is 2. The Morgan fingerprint density at radius 2 is 2.24 bits per heavy atom. The molecule has 3 N–H and O–H groups in total. The predicted molar refractivity (Wildman–Crippen MR) is 81.3 cm³/mol. The maximum absolute atomic E-state index is 11.9. The number of thiazole rings is 1. The minimum atomic E-state index is -0.461. The van der Waals surface area contributed by atoms with Gasteiger partial charge >= 0.3 is 5.97 Å². The van der Waals surface area contributed by atoms with Gasteiger partial charge in [-0.3, -0.25) is 9.59 Å². The summed E-state index contributed by atoms with van der Waals surface area (Å²) in [6, 6.07) is -0.461. The van der Waals surface area contributed by atoms with Gasteiger partial charge in [0.25, 0.3) is 0 Å². The summed E-state index contributed by atoms with van der Waals surface area (Å²) in [5.74, 6) is -0.828. The summed E-state index contributed by atoms with van der Waals surface area (Å²) < 4.78 is 5.08. The highest BCUT2D eigenvalue weighted by Crippen LogP contribution is 2.39. The highest BCUT2D eigenvalue weighted by atomic mass is 32.1. The number of nitrogens with two attached hydrogens (primary N) is 1. The molecule has 0 saturated carbocycles. The van der Waals surface area contributed by atoms with Gasteiger partial charge in [0.2, 0.25) is 5.91 Å². The van der Waals surface area contributed by atoms with Gasteiger partial charge in [0.1, 0.15) is 12.0 Å². The van der Waals surface area contributed by atoms with E-state index in [9.17, 15) is 9.59 Å². The lowest BCUT2D eigenvalue weighted by molar-refractivity contribution is -0.145. The first-order valence-electron chi connectivity index (χ1n) is 7.16. The zero-order chi connectivity index (χ0) is 15.6. The summed E-state index contributed by atoms with van der Waals surface area (Å²) in [6.45, 7) is 6.01. The Bertz CT molecular complexity index is 542. The van der Waals surface area contributed by atoms with Crippen molar-refractivity contribution in [1.82, 2.24) is 4.98 Å². The normalized spacial score (nSPS) is 18.4. The second-order valence-corrected chi connectivity index (χ2v) is 6.52. The summed E-state index contributed by atoms with van der Waals surface area (Å²) in [5.41, 5.74) is 6.18. The van der Waals surface area contributed by atoms with Crippen molar-refractivity contribution in [3.05, 3.63) is 10.6 Å². The number of esters is 1. The molecule has 1 aliphatic rings.